The van der Waals surface area contributed by atoms with Crippen molar-refractivity contribution < 1.29 is 17.9 Å². The van der Waals surface area contributed by atoms with Crippen molar-refractivity contribution in [2.45, 2.75) is 32.4 Å². The van der Waals surface area contributed by atoms with E-state index in [2.05, 4.69) is 25.8 Å². The molecular weight excluding hydrogens is 315 g/mol. The van der Waals surface area contributed by atoms with Crippen LogP contribution in [-0.4, -0.2) is 4.98 Å². The lowest BCUT2D eigenvalue weighted by molar-refractivity contribution is -0.137. The first kappa shape index (κ1) is 16.6. The van der Waals surface area contributed by atoms with Gasteiger partial charge in [-0.3, -0.25) is 0 Å². The van der Waals surface area contributed by atoms with E-state index >= 15 is 0 Å². The molecular formula is C16H15ClF3NO. The Kier molecular flexibility index (Phi) is 4.38. The maximum atomic E-state index is 12.5. The summed E-state index contributed by atoms with van der Waals surface area (Å²) in [6, 6.07) is 8.06. The predicted molar refractivity (Wildman–Crippen MR) is 79.5 cm³/mol. The highest BCUT2D eigenvalue weighted by Crippen LogP contribution is 2.35. The lowest BCUT2D eigenvalue weighted by Gasteiger charge is -2.19. The highest BCUT2D eigenvalue weighted by atomic mass is 35.5. The lowest BCUT2D eigenvalue weighted by atomic mass is 9.87. The van der Waals surface area contributed by atoms with Gasteiger partial charge in [0.05, 0.1) is 5.56 Å². The first-order chi connectivity index (χ1) is 10.1. The molecule has 0 aliphatic carbocycles. The van der Waals surface area contributed by atoms with Crippen LogP contribution in [0.2, 0.25) is 5.02 Å². The smallest absolute Gasteiger partial charge is 0.417 e. The molecule has 0 saturated carbocycles. The van der Waals surface area contributed by atoms with Gasteiger partial charge in [0, 0.05) is 6.20 Å². The van der Waals surface area contributed by atoms with Crippen molar-refractivity contribution in [2.24, 2.45) is 0 Å². The first-order valence-corrected chi connectivity index (χ1v) is 6.96. The second kappa shape index (κ2) is 5.80. The number of benzene rings is 1. The van der Waals surface area contributed by atoms with E-state index in [1.807, 2.05) is 12.1 Å². The van der Waals surface area contributed by atoms with E-state index < -0.39 is 11.7 Å². The number of pyridine rings is 1. The van der Waals surface area contributed by atoms with Gasteiger partial charge in [0.2, 0.25) is 5.88 Å². The molecule has 2 nitrogen and oxygen atoms in total. The second-order valence-electron chi connectivity index (χ2n) is 5.89. The molecule has 0 fully saturated rings. The van der Waals surface area contributed by atoms with Crippen molar-refractivity contribution >= 4 is 11.6 Å². The highest BCUT2D eigenvalue weighted by molar-refractivity contribution is 6.31. The zero-order valence-corrected chi connectivity index (χ0v) is 13.1. The Labute approximate surface area is 131 Å². The molecule has 1 aromatic heterocycles. The van der Waals surface area contributed by atoms with Crippen molar-refractivity contribution in [2.75, 3.05) is 0 Å². The number of halogens is 4. The molecule has 2 rings (SSSR count). The Morgan fingerprint density at radius 2 is 1.59 bits per heavy atom. The molecule has 6 heteroatoms. The van der Waals surface area contributed by atoms with Crippen LogP contribution in [0.1, 0.15) is 31.9 Å². The summed E-state index contributed by atoms with van der Waals surface area (Å²) in [6.07, 6.45) is -3.78. The first-order valence-electron chi connectivity index (χ1n) is 6.58. The molecule has 0 aliphatic rings. The Balaban J connectivity index is 2.21. The van der Waals surface area contributed by atoms with Crippen LogP contribution >= 0.6 is 11.6 Å². The number of ether oxygens (including phenoxy) is 1. The fraction of sp³-hybridized carbons (Fsp3) is 0.312. The van der Waals surface area contributed by atoms with E-state index in [1.165, 1.54) is 0 Å². The van der Waals surface area contributed by atoms with Crippen LogP contribution in [-0.2, 0) is 11.6 Å². The molecule has 0 amide bonds. The standard InChI is InChI=1S/C16H15ClF3NO/c1-15(2,3)10-4-6-12(7-5-10)22-14-13(17)8-11(9-21-14)16(18,19)20/h4-9H,1-3H3. The Morgan fingerprint density at radius 1 is 1.00 bits per heavy atom. The number of hydrogen-bond donors (Lipinski definition) is 0. The molecule has 22 heavy (non-hydrogen) atoms. The van der Waals surface area contributed by atoms with Crippen molar-refractivity contribution in [1.82, 2.24) is 4.98 Å². The Hall–Kier alpha value is -1.75. The van der Waals surface area contributed by atoms with Crippen LogP contribution in [0.4, 0.5) is 13.2 Å². The van der Waals surface area contributed by atoms with E-state index in [0.717, 1.165) is 11.6 Å². The molecule has 0 unspecified atom stereocenters. The normalized spacial score (nSPS) is 12.3. The van der Waals surface area contributed by atoms with Crippen LogP contribution in [0.25, 0.3) is 0 Å². The fourth-order valence-electron chi connectivity index (χ4n) is 1.79. The van der Waals surface area contributed by atoms with Crippen LogP contribution in [0.5, 0.6) is 11.6 Å². The van der Waals surface area contributed by atoms with E-state index in [4.69, 9.17) is 16.3 Å². The summed E-state index contributed by atoms with van der Waals surface area (Å²) < 4.78 is 43.1. The van der Waals surface area contributed by atoms with Gasteiger partial charge in [0.25, 0.3) is 0 Å². The lowest BCUT2D eigenvalue weighted by Crippen LogP contribution is -2.10. The van der Waals surface area contributed by atoms with Gasteiger partial charge < -0.3 is 4.74 Å². The third-order valence-corrected chi connectivity index (χ3v) is 3.34. The molecule has 0 radical (unpaired) electrons. The molecule has 0 aliphatic heterocycles. The topological polar surface area (TPSA) is 22.1 Å². The molecule has 1 heterocycles. The largest absolute Gasteiger partial charge is 0.438 e. The van der Waals surface area contributed by atoms with Crippen LogP contribution in [0.15, 0.2) is 36.5 Å². The highest BCUT2D eigenvalue weighted by Gasteiger charge is 2.31. The van der Waals surface area contributed by atoms with Gasteiger partial charge in [0.1, 0.15) is 10.8 Å². The minimum atomic E-state index is -4.48. The summed E-state index contributed by atoms with van der Waals surface area (Å²) in [5.74, 6) is 0.403. The zero-order valence-electron chi connectivity index (χ0n) is 12.3. The maximum Gasteiger partial charge on any atom is 0.417 e. The number of alkyl halides is 3. The van der Waals surface area contributed by atoms with Crippen molar-refractivity contribution in [3.63, 3.8) is 0 Å². The Morgan fingerprint density at radius 3 is 2.05 bits per heavy atom. The SMILES string of the molecule is CC(C)(C)c1ccc(Oc2ncc(C(F)(F)F)cc2Cl)cc1. The molecule has 0 spiro atoms. The zero-order chi connectivity index (χ0) is 16.5. The second-order valence-corrected chi connectivity index (χ2v) is 6.29. The summed E-state index contributed by atoms with van der Waals surface area (Å²) >= 11 is 5.80. The molecule has 0 saturated heterocycles. The van der Waals surface area contributed by atoms with Gasteiger partial charge in [-0.25, -0.2) is 4.98 Å². The average molecular weight is 330 g/mol. The van der Waals surface area contributed by atoms with E-state index in [1.54, 1.807) is 12.1 Å². The van der Waals surface area contributed by atoms with Crippen molar-refractivity contribution in [1.29, 1.82) is 0 Å². The fourth-order valence-corrected chi connectivity index (χ4v) is 2.00. The van der Waals surface area contributed by atoms with Crippen molar-refractivity contribution in [3.05, 3.63) is 52.7 Å². The number of nitrogens with zero attached hydrogens (tertiary/aromatic N) is 1. The van der Waals surface area contributed by atoms with E-state index in [-0.39, 0.29) is 16.3 Å². The Bertz CT molecular complexity index is 661. The quantitative estimate of drug-likeness (QED) is 0.690. The number of aromatic nitrogens is 1. The molecule has 118 valence electrons. The average Bonchev–Trinajstić information content (AvgIpc) is 2.39. The molecule has 1 aromatic carbocycles. The van der Waals surface area contributed by atoms with Gasteiger partial charge >= 0.3 is 6.18 Å². The predicted octanol–water partition coefficient (Wildman–Crippen LogP) is 5.84. The van der Waals surface area contributed by atoms with E-state index in [9.17, 15) is 13.2 Å². The van der Waals surface area contributed by atoms with Crippen molar-refractivity contribution in [3.8, 4) is 11.6 Å². The number of hydrogen-bond acceptors (Lipinski definition) is 2. The number of rotatable bonds is 2. The summed E-state index contributed by atoms with van der Waals surface area (Å²) in [5, 5.41) is -0.185. The molecule has 0 atom stereocenters. The summed E-state index contributed by atoms with van der Waals surface area (Å²) in [4.78, 5) is 3.64. The molecule has 0 N–H and O–H groups in total. The summed E-state index contributed by atoms with van der Waals surface area (Å²) in [5.41, 5.74) is 0.210. The third-order valence-electron chi connectivity index (χ3n) is 3.07. The van der Waals surface area contributed by atoms with Gasteiger partial charge in [-0.2, -0.15) is 13.2 Å². The van der Waals surface area contributed by atoms with Crippen LogP contribution in [0.3, 0.4) is 0 Å². The van der Waals surface area contributed by atoms with Crippen LogP contribution in [0, 0.1) is 0 Å². The van der Waals surface area contributed by atoms with Gasteiger partial charge in [-0.05, 0) is 29.2 Å². The van der Waals surface area contributed by atoms with E-state index in [0.29, 0.717) is 11.9 Å². The minimum absolute atomic E-state index is 0.00276. The molecule has 2 aromatic rings. The van der Waals surface area contributed by atoms with Gasteiger partial charge in [0.15, 0.2) is 0 Å². The van der Waals surface area contributed by atoms with Gasteiger partial charge in [-0.15, -0.1) is 0 Å². The molecule has 0 bridgehead atoms. The maximum absolute atomic E-state index is 12.5. The minimum Gasteiger partial charge on any atom is -0.438 e. The van der Waals surface area contributed by atoms with Crippen LogP contribution < -0.4 is 4.74 Å². The third kappa shape index (κ3) is 3.91. The summed E-state index contributed by atoms with van der Waals surface area (Å²) in [7, 11) is 0. The monoisotopic (exact) mass is 329 g/mol. The summed E-state index contributed by atoms with van der Waals surface area (Å²) in [6.45, 7) is 6.24. The van der Waals surface area contributed by atoms with Gasteiger partial charge in [-0.1, -0.05) is 44.5 Å².